The summed E-state index contributed by atoms with van der Waals surface area (Å²) in [5, 5.41) is 4.53. The van der Waals surface area contributed by atoms with Gasteiger partial charge in [0.25, 0.3) is 0 Å². The number of aromatic nitrogens is 2. The molecule has 3 heteroatoms. The molecular formula is C34H24N2O. The van der Waals surface area contributed by atoms with Gasteiger partial charge >= 0.3 is 0 Å². The standard InChI is InChI=1S/C34H24N2O/c1-2-22-8-10-23(11-9-22)25-14-12-24-13-15-26(20-28(24)19-25)27-16-17-32(36-21-27)31-6-3-5-29-30-7-4-18-35-34(30)37-33(29)31/h3-21H,2H2,1H3. The minimum Gasteiger partial charge on any atom is -0.437 e. The fourth-order valence-corrected chi connectivity index (χ4v) is 5.10. The number of hydrogen-bond donors (Lipinski definition) is 0. The molecule has 3 heterocycles. The molecule has 4 aromatic carbocycles. The molecule has 37 heavy (non-hydrogen) atoms. The van der Waals surface area contributed by atoms with Crippen molar-refractivity contribution in [3.63, 3.8) is 0 Å². The number of benzene rings is 4. The van der Waals surface area contributed by atoms with Gasteiger partial charge in [-0.25, -0.2) is 4.98 Å². The van der Waals surface area contributed by atoms with Gasteiger partial charge in [-0.05, 0) is 75.8 Å². The molecule has 0 aliphatic carbocycles. The maximum absolute atomic E-state index is 6.11. The van der Waals surface area contributed by atoms with Crippen molar-refractivity contribution in [1.82, 2.24) is 9.97 Å². The molecule has 0 saturated carbocycles. The predicted molar refractivity (Wildman–Crippen MR) is 153 cm³/mol. The smallest absolute Gasteiger partial charge is 0.227 e. The van der Waals surface area contributed by atoms with Gasteiger partial charge < -0.3 is 4.42 Å². The molecule has 0 amide bonds. The summed E-state index contributed by atoms with van der Waals surface area (Å²) in [6.45, 7) is 2.19. The minimum atomic E-state index is 0.651. The third kappa shape index (κ3) is 3.76. The van der Waals surface area contributed by atoms with Crippen molar-refractivity contribution in [2.75, 3.05) is 0 Å². The van der Waals surface area contributed by atoms with Gasteiger partial charge in [0.15, 0.2) is 0 Å². The Kier molecular flexibility index (Phi) is 5.07. The number of aryl methyl sites for hydroxylation is 1. The number of nitrogens with zero attached hydrogens (tertiary/aromatic N) is 2. The van der Waals surface area contributed by atoms with Crippen LogP contribution in [0.4, 0.5) is 0 Å². The Balaban J connectivity index is 1.25. The Labute approximate surface area is 215 Å². The lowest BCUT2D eigenvalue weighted by Gasteiger charge is -2.08. The van der Waals surface area contributed by atoms with Crippen molar-refractivity contribution < 1.29 is 4.42 Å². The SMILES string of the molecule is CCc1ccc(-c2ccc3ccc(-c4ccc(-c5cccc6c5oc5ncccc56)nc4)cc3c2)cc1. The zero-order chi connectivity index (χ0) is 24.8. The maximum atomic E-state index is 6.11. The van der Waals surface area contributed by atoms with E-state index in [1.165, 1.54) is 27.5 Å². The highest BCUT2D eigenvalue weighted by atomic mass is 16.3. The molecule has 0 unspecified atom stereocenters. The minimum absolute atomic E-state index is 0.651. The van der Waals surface area contributed by atoms with Gasteiger partial charge in [0, 0.05) is 34.3 Å². The van der Waals surface area contributed by atoms with Crippen LogP contribution in [0.25, 0.3) is 66.4 Å². The van der Waals surface area contributed by atoms with Crippen molar-refractivity contribution in [2.45, 2.75) is 13.3 Å². The van der Waals surface area contributed by atoms with Crippen LogP contribution in [0.3, 0.4) is 0 Å². The highest BCUT2D eigenvalue weighted by molar-refractivity contribution is 6.08. The summed E-state index contributed by atoms with van der Waals surface area (Å²) in [7, 11) is 0. The summed E-state index contributed by atoms with van der Waals surface area (Å²) in [5.41, 5.74) is 9.39. The first-order chi connectivity index (χ1) is 18.3. The van der Waals surface area contributed by atoms with Crippen molar-refractivity contribution >= 4 is 32.8 Å². The quantitative estimate of drug-likeness (QED) is 0.254. The number of hydrogen-bond acceptors (Lipinski definition) is 3. The second kappa shape index (κ2) is 8.72. The van der Waals surface area contributed by atoms with E-state index in [0.717, 1.165) is 45.2 Å². The van der Waals surface area contributed by atoms with E-state index in [2.05, 4.69) is 96.8 Å². The van der Waals surface area contributed by atoms with Crippen LogP contribution in [0.5, 0.6) is 0 Å². The fourth-order valence-electron chi connectivity index (χ4n) is 5.10. The molecule has 0 radical (unpaired) electrons. The maximum Gasteiger partial charge on any atom is 0.227 e. The van der Waals surface area contributed by atoms with Crippen LogP contribution in [0.15, 0.2) is 120 Å². The molecule has 3 nitrogen and oxygen atoms in total. The topological polar surface area (TPSA) is 38.9 Å². The Morgan fingerprint density at radius 1 is 0.622 bits per heavy atom. The van der Waals surface area contributed by atoms with E-state index >= 15 is 0 Å². The van der Waals surface area contributed by atoms with Gasteiger partial charge in [-0.1, -0.05) is 73.7 Å². The normalized spacial score (nSPS) is 11.5. The first-order valence-electron chi connectivity index (χ1n) is 12.6. The van der Waals surface area contributed by atoms with Crippen molar-refractivity contribution in [3.05, 3.63) is 121 Å². The van der Waals surface area contributed by atoms with Crippen LogP contribution < -0.4 is 0 Å². The molecule has 0 saturated heterocycles. The lowest BCUT2D eigenvalue weighted by molar-refractivity contribution is 0.655. The fraction of sp³-hybridized carbons (Fsp3) is 0.0588. The van der Waals surface area contributed by atoms with E-state index < -0.39 is 0 Å². The first kappa shape index (κ1) is 21.5. The van der Waals surface area contributed by atoms with Crippen LogP contribution in [0.1, 0.15) is 12.5 Å². The summed E-state index contributed by atoms with van der Waals surface area (Å²) in [6.07, 6.45) is 4.76. The van der Waals surface area contributed by atoms with E-state index in [4.69, 9.17) is 9.40 Å². The third-order valence-electron chi connectivity index (χ3n) is 7.18. The van der Waals surface area contributed by atoms with E-state index in [1.807, 2.05) is 24.4 Å². The molecule has 0 fully saturated rings. The number of pyridine rings is 2. The number of para-hydroxylation sites is 1. The molecule has 176 valence electrons. The van der Waals surface area contributed by atoms with Crippen LogP contribution in [-0.2, 0) is 6.42 Å². The van der Waals surface area contributed by atoms with Gasteiger partial charge in [-0.15, -0.1) is 0 Å². The number of furan rings is 1. The number of fused-ring (bicyclic) bond motifs is 4. The molecule has 0 spiro atoms. The predicted octanol–water partition coefficient (Wildman–Crippen LogP) is 9.09. The van der Waals surface area contributed by atoms with E-state index in [1.54, 1.807) is 6.20 Å². The first-order valence-corrected chi connectivity index (χ1v) is 12.6. The van der Waals surface area contributed by atoms with Crippen molar-refractivity contribution in [2.24, 2.45) is 0 Å². The largest absolute Gasteiger partial charge is 0.437 e. The highest BCUT2D eigenvalue weighted by Crippen LogP contribution is 2.35. The zero-order valence-electron chi connectivity index (χ0n) is 20.5. The van der Waals surface area contributed by atoms with Crippen molar-refractivity contribution in [3.8, 4) is 33.5 Å². The Morgan fingerprint density at radius 2 is 1.35 bits per heavy atom. The highest BCUT2D eigenvalue weighted by Gasteiger charge is 2.13. The average Bonchev–Trinajstić information content (AvgIpc) is 3.36. The van der Waals surface area contributed by atoms with Gasteiger partial charge in [0.2, 0.25) is 5.71 Å². The van der Waals surface area contributed by atoms with Crippen LogP contribution in [0, 0.1) is 0 Å². The van der Waals surface area contributed by atoms with Gasteiger partial charge in [0.1, 0.15) is 5.58 Å². The molecule has 7 aromatic rings. The third-order valence-corrected chi connectivity index (χ3v) is 7.18. The van der Waals surface area contributed by atoms with Gasteiger partial charge in [-0.2, -0.15) is 0 Å². The average molecular weight is 477 g/mol. The second-order valence-electron chi connectivity index (χ2n) is 9.40. The van der Waals surface area contributed by atoms with Gasteiger partial charge in [0.05, 0.1) is 5.69 Å². The molecule has 0 aliphatic rings. The number of rotatable bonds is 4. The van der Waals surface area contributed by atoms with Crippen molar-refractivity contribution in [1.29, 1.82) is 0 Å². The monoisotopic (exact) mass is 476 g/mol. The molecule has 7 rings (SSSR count). The summed E-state index contributed by atoms with van der Waals surface area (Å²) < 4.78 is 6.11. The summed E-state index contributed by atoms with van der Waals surface area (Å²) in [4.78, 5) is 9.20. The molecule has 0 bridgehead atoms. The lowest BCUT2D eigenvalue weighted by atomic mass is 9.97. The second-order valence-corrected chi connectivity index (χ2v) is 9.40. The zero-order valence-corrected chi connectivity index (χ0v) is 20.5. The summed E-state index contributed by atoms with van der Waals surface area (Å²) in [5.74, 6) is 0. The summed E-state index contributed by atoms with van der Waals surface area (Å²) in [6, 6.07) is 36.5. The summed E-state index contributed by atoms with van der Waals surface area (Å²) >= 11 is 0. The Morgan fingerprint density at radius 3 is 2.11 bits per heavy atom. The van der Waals surface area contributed by atoms with E-state index in [9.17, 15) is 0 Å². The van der Waals surface area contributed by atoms with Crippen LogP contribution in [-0.4, -0.2) is 9.97 Å². The van der Waals surface area contributed by atoms with Gasteiger partial charge in [-0.3, -0.25) is 4.98 Å². The van der Waals surface area contributed by atoms with Crippen LogP contribution in [0.2, 0.25) is 0 Å². The van der Waals surface area contributed by atoms with E-state index in [0.29, 0.717) is 5.71 Å². The Bertz CT molecular complexity index is 1900. The van der Waals surface area contributed by atoms with E-state index in [-0.39, 0.29) is 0 Å². The van der Waals surface area contributed by atoms with Crippen LogP contribution >= 0.6 is 0 Å². The molecular weight excluding hydrogens is 452 g/mol. The molecule has 0 aliphatic heterocycles. The molecule has 0 N–H and O–H groups in total. The molecule has 0 atom stereocenters. The lowest BCUT2D eigenvalue weighted by Crippen LogP contribution is -1.87. The molecule has 3 aromatic heterocycles. The Hall–Kier alpha value is -4.76.